The van der Waals surface area contributed by atoms with Crippen molar-refractivity contribution in [3.8, 4) is 0 Å². The van der Waals surface area contributed by atoms with Crippen molar-refractivity contribution < 1.29 is 14.1 Å². The molecule has 4 nitrogen and oxygen atoms in total. The van der Waals surface area contributed by atoms with E-state index in [2.05, 4.69) is 0 Å². The van der Waals surface area contributed by atoms with Gasteiger partial charge in [-0.3, -0.25) is 10.1 Å². The molecule has 1 aromatic carbocycles. The zero-order chi connectivity index (χ0) is 12.8. The molecule has 0 bridgehead atoms. The van der Waals surface area contributed by atoms with Crippen LogP contribution in [-0.2, 0) is 4.79 Å². The van der Waals surface area contributed by atoms with Crippen LogP contribution in [0.5, 0.6) is 0 Å². The van der Waals surface area contributed by atoms with Gasteiger partial charge < -0.3 is 4.79 Å². The number of halogens is 1. The highest BCUT2D eigenvalue weighted by Crippen LogP contribution is 2.26. The fourth-order valence-electron chi connectivity index (χ4n) is 1.83. The lowest BCUT2D eigenvalue weighted by Crippen LogP contribution is -2.22. The number of hydrogen-bond acceptors (Lipinski definition) is 3. The zero-order valence-electron chi connectivity index (χ0n) is 9.51. The van der Waals surface area contributed by atoms with E-state index in [1.807, 2.05) is 0 Å². The zero-order valence-corrected chi connectivity index (χ0v) is 9.51. The number of benzene rings is 1. The summed E-state index contributed by atoms with van der Waals surface area (Å²) in [6.45, 7) is 1.48. The molecule has 17 heavy (non-hydrogen) atoms. The lowest BCUT2D eigenvalue weighted by Gasteiger charge is -2.18. The molecule has 1 rings (SSSR count). The molecule has 2 atom stereocenters. The molecule has 0 heterocycles. The number of rotatable bonds is 6. The van der Waals surface area contributed by atoms with Crippen LogP contribution >= 0.6 is 0 Å². The summed E-state index contributed by atoms with van der Waals surface area (Å²) < 4.78 is 12.8. The van der Waals surface area contributed by atoms with Gasteiger partial charge in [-0.1, -0.05) is 19.1 Å². The average Bonchev–Trinajstić information content (AvgIpc) is 2.30. The van der Waals surface area contributed by atoms with E-state index in [1.54, 1.807) is 6.92 Å². The molecule has 0 unspecified atom stereocenters. The maximum absolute atomic E-state index is 12.8. The second-order valence-electron chi connectivity index (χ2n) is 3.88. The predicted molar refractivity (Wildman–Crippen MR) is 60.8 cm³/mol. The number of hydrogen-bond donors (Lipinski definition) is 0. The molecule has 92 valence electrons. The van der Waals surface area contributed by atoms with E-state index >= 15 is 0 Å². The van der Waals surface area contributed by atoms with Gasteiger partial charge >= 0.3 is 0 Å². The normalized spacial score (nSPS) is 14.0. The predicted octanol–water partition coefficient (Wildman–Crippen LogP) is 2.41. The summed E-state index contributed by atoms with van der Waals surface area (Å²) in [4.78, 5) is 21.1. The van der Waals surface area contributed by atoms with Crippen LogP contribution < -0.4 is 0 Å². The third kappa shape index (κ3) is 3.62. The largest absolute Gasteiger partial charge is 0.303 e. The van der Waals surface area contributed by atoms with Crippen molar-refractivity contribution in [2.75, 3.05) is 6.54 Å². The highest BCUT2D eigenvalue weighted by atomic mass is 19.1. The topological polar surface area (TPSA) is 60.2 Å². The molecule has 5 heteroatoms. The Morgan fingerprint density at radius 2 is 2.00 bits per heavy atom. The van der Waals surface area contributed by atoms with Gasteiger partial charge in [-0.05, 0) is 24.1 Å². The fraction of sp³-hybridized carbons (Fsp3) is 0.417. The standard InChI is InChI=1S/C12H14FNO3/c1-2-9(8-15)12(7-14(16)17)10-3-5-11(13)6-4-10/h3-6,8-9,12H,2,7H2,1H3/t9-,12-/m1/s1. The minimum Gasteiger partial charge on any atom is -0.303 e. The second kappa shape index (κ2) is 6.08. The molecule has 0 radical (unpaired) electrons. The molecule has 0 aliphatic carbocycles. The first-order chi connectivity index (χ1) is 8.08. The van der Waals surface area contributed by atoms with E-state index in [9.17, 15) is 19.3 Å². The van der Waals surface area contributed by atoms with Crippen LogP contribution in [0.25, 0.3) is 0 Å². The highest BCUT2D eigenvalue weighted by Gasteiger charge is 2.26. The lowest BCUT2D eigenvalue weighted by molar-refractivity contribution is -0.484. The van der Waals surface area contributed by atoms with Crippen molar-refractivity contribution in [1.82, 2.24) is 0 Å². The number of carbonyl (C=O) groups excluding carboxylic acids is 1. The van der Waals surface area contributed by atoms with Gasteiger partial charge in [0.15, 0.2) is 0 Å². The maximum Gasteiger partial charge on any atom is 0.211 e. The molecule has 0 aromatic heterocycles. The molecule has 0 fully saturated rings. The van der Waals surface area contributed by atoms with Crippen molar-refractivity contribution in [3.05, 3.63) is 45.8 Å². The van der Waals surface area contributed by atoms with Crippen LogP contribution in [0.3, 0.4) is 0 Å². The first-order valence-corrected chi connectivity index (χ1v) is 5.41. The summed E-state index contributed by atoms with van der Waals surface area (Å²) in [5.41, 5.74) is 0.627. The van der Waals surface area contributed by atoms with E-state index in [1.165, 1.54) is 24.3 Å². The van der Waals surface area contributed by atoms with E-state index in [4.69, 9.17) is 0 Å². The van der Waals surface area contributed by atoms with Crippen LogP contribution in [-0.4, -0.2) is 17.8 Å². The van der Waals surface area contributed by atoms with Crippen molar-refractivity contribution in [2.45, 2.75) is 19.3 Å². The summed E-state index contributed by atoms with van der Waals surface area (Å²) in [5.74, 6) is -1.30. The molecular weight excluding hydrogens is 225 g/mol. The Morgan fingerprint density at radius 3 is 2.41 bits per heavy atom. The van der Waals surface area contributed by atoms with Crippen LogP contribution in [0, 0.1) is 21.8 Å². The number of nitrogens with zero attached hydrogens (tertiary/aromatic N) is 1. The summed E-state index contributed by atoms with van der Waals surface area (Å²) in [5, 5.41) is 10.6. The summed E-state index contributed by atoms with van der Waals surface area (Å²) >= 11 is 0. The Hall–Kier alpha value is -1.78. The van der Waals surface area contributed by atoms with E-state index in [-0.39, 0.29) is 6.54 Å². The molecule has 0 N–H and O–H groups in total. The molecule has 0 aliphatic heterocycles. The SMILES string of the molecule is CC[C@H](C=O)[C@@H](C[N+](=O)[O-])c1ccc(F)cc1. The smallest absolute Gasteiger partial charge is 0.211 e. The van der Waals surface area contributed by atoms with Gasteiger partial charge in [0, 0.05) is 10.8 Å². The minimum absolute atomic E-state index is 0.317. The summed E-state index contributed by atoms with van der Waals surface area (Å²) in [6, 6.07) is 5.49. The van der Waals surface area contributed by atoms with Crippen molar-refractivity contribution in [3.63, 3.8) is 0 Å². The highest BCUT2D eigenvalue weighted by molar-refractivity contribution is 5.55. The molecule has 0 saturated carbocycles. The first kappa shape index (κ1) is 13.3. The van der Waals surface area contributed by atoms with Crippen LogP contribution in [0.1, 0.15) is 24.8 Å². The Kier molecular flexibility index (Phi) is 4.75. The lowest BCUT2D eigenvalue weighted by atomic mass is 9.85. The third-order valence-electron chi connectivity index (χ3n) is 2.81. The second-order valence-corrected chi connectivity index (χ2v) is 3.88. The molecule has 0 amide bonds. The Morgan fingerprint density at radius 1 is 1.41 bits per heavy atom. The van der Waals surface area contributed by atoms with E-state index in [0.29, 0.717) is 12.0 Å². The van der Waals surface area contributed by atoms with Gasteiger partial charge in [0.2, 0.25) is 6.54 Å². The molecule has 0 aliphatic rings. The number of carbonyl (C=O) groups is 1. The van der Waals surface area contributed by atoms with E-state index < -0.39 is 22.6 Å². The average molecular weight is 239 g/mol. The minimum atomic E-state index is -0.493. The number of nitro groups is 1. The van der Waals surface area contributed by atoms with Crippen molar-refractivity contribution in [1.29, 1.82) is 0 Å². The fourth-order valence-corrected chi connectivity index (χ4v) is 1.83. The Bertz CT molecular complexity index is 391. The monoisotopic (exact) mass is 239 g/mol. The van der Waals surface area contributed by atoms with Gasteiger partial charge in [-0.25, -0.2) is 4.39 Å². The van der Waals surface area contributed by atoms with Crippen LogP contribution in [0.4, 0.5) is 4.39 Å². The molecule has 1 aromatic rings. The third-order valence-corrected chi connectivity index (χ3v) is 2.81. The van der Waals surface area contributed by atoms with Gasteiger partial charge in [-0.2, -0.15) is 0 Å². The van der Waals surface area contributed by atoms with Gasteiger partial charge in [-0.15, -0.1) is 0 Å². The maximum atomic E-state index is 12.8. The molecule has 0 spiro atoms. The summed E-state index contributed by atoms with van der Waals surface area (Å²) in [7, 11) is 0. The van der Waals surface area contributed by atoms with Gasteiger partial charge in [0.25, 0.3) is 0 Å². The van der Waals surface area contributed by atoms with Gasteiger partial charge in [0.05, 0.1) is 5.92 Å². The molecule has 0 saturated heterocycles. The first-order valence-electron chi connectivity index (χ1n) is 5.41. The Balaban J connectivity index is 3.00. The van der Waals surface area contributed by atoms with Crippen molar-refractivity contribution in [2.24, 2.45) is 5.92 Å². The quantitative estimate of drug-likeness (QED) is 0.435. The number of aldehydes is 1. The van der Waals surface area contributed by atoms with E-state index in [0.717, 1.165) is 6.29 Å². The molecular formula is C12H14FNO3. The van der Waals surface area contributed by atoms with Crippen LogP contribution in [0.15, 0.2) is 24.3 Å². The summed E-state index contributed by atoms with van der Waals surface area (Å²) in [6.07, 6.45) is 1.26. The van der Waals surface area contributed by atoms with Crippen LogP contribution in [0.2, 0.25) is 0 Å². The Labute approximate surface area is 98.6 Å². The van der Waals surface area contributed by atoms with Crippen molar-refractivity contribution >= 4 is 6.29 Å². The van der Waals surface area contributed by atoms with Gasteiger partial charge in [0.1, 0.15) is 12.1 Å².